The van der Waals surface area contributed by atoms with Gasteiger partial charge >= 0.3 is 0 Å². The van der Waals surface area contributed by atoms with E-state index in [2.05, 4.69) is 48.3 Å². The van der Waals surface area contributed by atoms with Gasteiger partial charge in [0, 0.05) is 18.6 Å². The fourth-order valence-corrected chi connectivity index (χ4v) is 3.39. The Labute approximate surface area is 129 Å². The number of ether oxygens (including phenoxy) is 1. The fourth-order valence-electron chi connectivity index (χ4n) is 3.39. The first kappa shape index (κ1) is 16.3. The molecule has 0 aliphatic carbocycles. The van der Waals surface area contributed by atoms with Gasteiger partial charge in [0.1, 0.15) is 5.75 Å². The molecule has 2 atom stereocenters. The molecule has 1 heterocycles. The molecule has 1 aliphatic heterocycles. The van der Waals surface area contributed by atoms with Crippen molar-refractivity contribution in [1.29, 1.82) is 0 Å². The number of benzene rings is 1. The second-order valence-corrected chi connectivity index (χ2v) is 5.99. The van der Waals surface area contributed by atoms with Gasteiger partial charge in [0.2, 0.25) is 0 Å². The highest BCUT2D eigenvalue weighted by molar-refractivity contribution is 5.29. The SMILES string of the molecule is CCCN(CC1CCCN1)C(CC)c1ccc(OC)cc1. The Morgan fingerprint density at radius 3 is 2.57 bits per heavy atom. The van der Waals surface area contributed by atoms with Crippen LogP contribution in [0.1, 0.15) is 51.1 Å². The lowest BCUT2D eigenvalue weighted by Gasteiger charge is -2.33. The normalized spacial score (nSPS) is 19.9. The van der Waals surface area contributed by atoms with Crippen LogP contribution in [0.25, 0.3) is 0 Å². The average molecular weight is 290 g/mol. The van der Waals surface area contributed by atoms with Crippen LogP contribution in [0.5, 0.6) is 5.75 Å². The van der Waals surface area contributed by atoms with Crippen LogP contribution in [-0.4, -0.2) is 37.7 Å². The van der Waals surface area contributed by atoms with Crippen LogP contribution in [0, 0.1) is 0 Å². The third-order valence-electron chi connectivity index (χ3n) is 4.46. The summed E-state index contributed by atoms with van der Waals surface area (Å²) < 4.78 is 5.27. The van der Waals surface area contributed by atoms with Crippen LogP contribution in [0.15, 0.2) is 24.3 Å². The maximum absolute atomic E-state index is 5.27. The molecule has 1 N–H and O–H groups in total. The quantitative estimate of drug-likeness (QED) is 0.791. The van der Waals surface area contributed by atoms with E-state index in [1.165, 1.54) is 44.5 Å². The molecule has 2 rings (SSSR count). The van der Waals surface area contributed by atoms with E-state index in [-0.39, 0.29) is 0 Å². The Balaban J connectivity index is 2.08. The van der Waals surface area contributed by atoms with Crippen LogP contribution in [0.3, 0.4) is 0 Å². The Hall–Kier alpha value is -1.06. The van der Waals surface area contributed by atoms with E-state index in [9.17, 15) is 0 Å². The summed E-state index contributed by atoms with van der Waals surface area (Å²) in [6, 6.07) is 9.78. The van der Waals surface area contributed by atoms with Crippen LogP contribution in [-0.2, 0) is 0 Å². The molecule has 0 amide bonds. The van der Waals surface area contributed by atoms with Gasteiger partial charge in [-0.15, -0.1) is 0 Å². The lowest BCUT2D eigenvalue weighted by molar-refractivity contribution is 0.175. The van der Waals surface area contributed by atoms with Gasteiger partial charge in [-0.3, -0.25) is 4.90 Å². The fraction of sp³-hybridized carbons (Fsp3) is 0.667. The van der Waals surface area contributed by atoms with Crippen LogP contribution >= 0.6 is 0 Å². The zero-order valence-corrected chi connectivity index (χ0v) is 13.8. The van der Waals surface area contributed by atoms with Crippen LogP contribution < -0.4 is 10.1 Å². The van der Waals surface area contributed by atoms with Crippen molar-refractivity contribution in [2.24, 2.45) is 0 Å². The molecule has 0 aromatic heterocycles. The highest BCUT2D eigenvalue weighted by Gasteiger charge is 2.23. The van der Waals surface area contributed by atoms with Crippen LogP contribution in [0.4, 0.5) is 0 Å². The second kappa shape index (κ2) is 8.40. The molecular formula is C18H30N2O. The maximum atomic E-state index is 5.27. The van der Waals surface area contributed by atoms with Crippen molar-refractivity contribution in [2.45, 2.75) is 51.6 Å². The summed E-state index contributed by atoms with van der Waals surface area (Å²) in [5.74, 6) is 0.938. The molecule has 0 radical (unpaired) electrons. The summed E-state index contributed by atoms with van der Waals surface area (Å²) in [5.41, 5.74) is 1.41. The molecule has 118 valence electrons. The molecular weight excluding hydrogens is 260 g/mol. The van der Waals surface area contributed by atoms with Crippen LogP contribution in [0.2, 0.25) is 0 Å². The number of rotatable bonds is 8. The Morgan fingerprint density at radius 2 is 2.05 bits per heavy atom. The lowest BCUT2D eigenvalue weighted by atomic mass is 10.0. The number of hydrogen-bond donors (Lipinski definition) is 1. The molecule has 1 fully saturated rings. The van der Waals surface area contributed by atoms with Crippen molar-refractivity contribution in [3.63, 3.8) is 0 Å². The van der Waals surface area contributed by atoms with Crippen molar-refractivity contribution >= 4 is 0 Å². The molecule has 0 bridgehead atoms. The molecule has 0 saturated carbocycles. The number of methoxy groups -OCH3 is 1. The highest BCUT2D eigenvalue weighted by Crippen LogP contribution is 2.27. The van der Waals surface area contributed by atoms with Gasteiger partial charge in [0.25, 0.3) is 0 Å². The zero-order valence-electron chi connectivity index (χ0n) is 13.8. The smallest absolute Gasteiger partial charge is 0.118 e. The number of nitrogens with zero attached hydrogens (tertiary/aromatic N) is 1. The zero-order chi connectivity index (χ0) is 15.1. The molecule has 1 aliphatic rings. The summed E-state index contributed by atoms with van der Waals surface area (Å²) in [6.07, 6.45) is 5.00. The summed E-state index contributed by atoms with van der Waals surface area (Å²) in [5, 5.41) is 3.63. The Morgan fingerprint density at radius 1 is 1.29 bits per heavy atom. The molecule has 21 heavy (non-hydrogen) atoms. The van der Waals surface area contributed by atoms with E-state index in [1.807, 2.05) is 0 Å². The maximum Gasteiger partial charge on any atom is 0.118 e. The van der Waals surface area contributed by atoms with Gasteiger partial charge < -0.3 is 10.1 Å². The number of hydrogen-bond acceptors (Lipinski definition) is 3. The van der Waals surface area contributed by atoms with Crippen molar-refractivity contribution in [2.75, 3.05) is 26.7 Å². The van der Waals surface area contributed by atoms with E-state index in [1.54, 1.807) is 7.11 Å². The minimum Gasteiger partial charge on any atom is -0.497 e. The Kier molecular flexibility index (Phi) is 6.52. The molecule has 0 spiro atoms. The monoisotopic (exact) mass is 290 g/mol. The van der Waals surface area contributed by atoms with Crippen molar-refractivity contribution < 1.29 is 4.74 Å². The average Bonchev–Trinajstić information content (AvgIpc) is 3.02. The van der Waals surface area contributed by atoms with Gasteiger partial charge in [-0.1, -0.05) is 26.0 Å². The minimum absolute atomic E-state index is 0.512. The van der Waals surface area contributed by atoms with Crippen molar-refractivity contribution in [1.82, 2.24) is 10.2 Å². The first-order valence-corrected chi connectivity index (χ1v) is 8.39. The van der Waals surface area contributed by atoms with Gasteiger partial charge in [0.15, 0.2) is 0 Å². The highest BCUT2D eigenvalue weighted by atomic mass is 16.5. The third-order valence-corrected chi connectivity index (χ3v) is 4.46. The first-order valence-electron chi connectivity index (χ1n) is 8.39. The van der Waals surface area contributed by atoms with E-state index < -0.39 is 0 Å². The topological polar surface area (TPSA) is 24.5 Å². The van der Waals surface area contributed by atoms with E-state index >= 15 is 0 Å². The summed E-state index contributed by atoms with van der Waals surface area (Å²) in [7, 11) is 1.72. The van der Waals surface area contributed by atoms with Crippen molar-refractivity contribution in [3.8, 4) is 5.75 Å². The predicted octanol–water partition coefficient (Wildman–Crippen LogP) is 3.61. The third kappa shape index (κ3) is 4.45. The van der Waals surface area contributed by atoms with Gasteiger partial charge in [-0.25, -0.2) is 0 Å². The lowest BCUT2D eigenvalue weighted by Crippen LogP contribution is -2.40. The molecule has 3 heteroatoms. The molecule has 2 unspecified atom stereocenters. The first-order chi connectivity index (χ1) is 10.3. The van der Waals surface area contributed by atoms with Gasteiger partial charge in [0.05, 0.1) is 7.11 Å². The van der Waals surface area contributed by atoms with E-state index in [0.29, 0.717) is 12.1 Å². The van der Waals surface area contributed by atoms with Gasteiger partial charge in [-0.05, 0) is 56.5 Å². The molecule has 3 nitrogen and oxygen atoms in total. The summed E-state index contributed by atoms with van der Waals surface area (Å²) in [6.45, 7) is 8.08. The molecule has 1 aromatic carbocycles. The summed E-state index contributed by atoms with van der Waals surface area (Å²) in [4.78, 5) is 2.66. The molecule has 1 aromatic rings. The van der Waals surface area contributed by atoms with Crippen molar-refractivity contribution in [3.05, 3.63) is 29.8 Å². The van der Waals surface area contributed by atoms with Gasteiger partial charge in [-0.2, -0.15) is 0 Å². The predicted molar refractivity (Wildman–Crippen MR) is 88.9 cm³/mol. The Bertz CT molecular complexity index is 398. The standard InChI is InChI=1S/C18H30N2O/c1-4-13-20(14-16-7-6-12-19-16)18(5-2)15-8-10-17(21-3)11-9-15/h8-11,16,18-19H,4-7,12-14H2,1-3H3. The number of nitrogens with one attached hydrogen (secondary N) is 1. The van der Waals surface area contributed by atoms with E-state index in [4.69, 9.17) is 4.74 Å². The largest absolute Gasteiger partial charge is 0.497 e. The van der Waals surface area contributed by atoms with E-state index in [0.717, 1.165) is 12.2 Å². The minimum atomic E-state index is 0.512. The molecule has 1 saturated heterocycles. The summed E-state index contributed by atoms with van der Waals surface area (Å²) >= 11 is 0. The second-order valence-electron chi connectivity index (χ2n) is 5.99.